The van der Waals surface area contributed by atoms with Crippen LogP contribution >= 0.6 is 0 Å². The second-order valence-corrected chi connectivity index (χ2v) is 7.61. The minimum absolute atomic E-state index is 0.111. The van der Waals surface area contributed by atoms with Gasteiger partial charge in [0.15, 0.2) is 5.65 Å². The van der Waals surface area contributed by atoms with Gasteiger partial charge in [0.25, 0.3) is 0 Å². The summed E-state index contributed by atoms with van der Waals surface area (Å²) in [6, 6.07) is 17.2. The number of rotatable bonds is 5. The second-order valence-electron chi connectivity index (χ2n) is 7.61. The average molecular weight is 438 g/mol. The first-order valence-corrected chi connectivity index (χ1v) is 10.6. The number of hydrogen-bond donors (Lipinski definition) is 1. The molecule has 0 atom stereocenters. The zero-order chi connectivity index (χ0) is 22.8. The second kappa shape index (κ2) is 8.58. The fourth-order valence-electron chi connectivity index (χ4n) is 3.88. The summed E-state index contributed by atoms with van der Waals surface area (Å²) < 4.78 is 7.65. The molecule has 3 heterocycles. The zero-order valence-electron chi connectivity index (χ0n) is 17.9. The predicted molar refractivity (Wildman–Crippen MR) is 127 cm³/mol. The smallest absolute Gasteiger partial charge is 0.246 e. The molecule has 164 valence electrons. The molecule has 4 aromatic rings. The summed E-state index contributed by atoms with van der Waals surface area (Å²) in [5.41, 5.74) is 9.22. The third kappa shape index (κ3) is 3.94. The summed E-state index contributed by atoms with van der Waals surface area (Å²) in [5.74, 6) is 1.72. The lowest BCUT2D eigenvalue weighted by atomic mass is 10.1. The summed E-state index contributed by atoms with van der Waals surface area (Å²) in [7, 11) is 0. The van der Waals surface area contributed by atoms with Crippen LogP contribution in [0, 0.1) is 0 Å². The first-order chi connectivity index (χ1) is 16.1. The van der Waals surface area contributed by atoms with Crippen molar-refractivity contribution in [1.82, 2.24) is 24.6 Å². The highest BCUT2D eigenvalue weighted by atomic mass is 16.5. The van der Waals surface area contributed by atoms with E-state index < -0.39 is 0 Å². The Balaban J connectivity index is 1.52. The first-order valence-electron chi connectivity index (χ1n) is 10.6. The largest absolute Gasteiger partial charge is 0.457 e. The van der Waals surface area contributed by atoms with Gasteiger partial charge in [0.2, 0.25) is 5.91 Å². The molecule has 8 heteroatoms. The standard InChI is InChI=1S/C25H22N6O2/c1-2-21(32)30-14-6-7-18(15-30)31-25-22(24(26)27-16-28-25)23(29-31)17-10-12-20(13-11-17)33-19-8-4-3-5-9-19/h2-5,7-13,16H,1,6,14-15H2,(H2,26,27,28). The Morgan fingerprint density at radius 2 is 1.82 bits per heavy atom. The van der Waals surface area contributed by atoms with Crippen molar-refractivity contribution in [3.05, 3.63) is 79.7 Å². The maximum absolute atomic E-state index is 12.1. The van der Waals surface area contributed by atoms with E-state index in [2.05, 4.69) is 22.6 Å². The molecule has 0 saturated carbocycles. The summed E-state index contributed by atoms with van der Waals surface area (Å²) in [6.45, 7) is 4.64. The molecule has 0 unspecified atom stereocenters. The molecule has 2 aromatic carbocycles. The number of nitrogen functional groups attached to an aromatic ring is 1. The number of benzene rings is 2. The Kier molecular flexibility index (Phi) is 5.32. The monoisotopic (exact) mass is 438 g/mol. The van der Waals surface area contributed by atoms with Gasteiger partial charge in [0, 0.05) is 12.1 Å². The quantitative estimate of drug-likeness (QED) is 0.471. The highest BCUT2D eigenvalue weighted by Gasteiger charge is 2.23. The number of para-hydroxylation sites is 1. The van der Waals surface area contributed by atoms with E-state index in [9.17, 15) is 4.79 Å². The fourth-order valence-corrected chi connectivity index (χ4v) is 3.88. The van der Waals surface area contributed by atoms with Crippen molar-refractivity contribution in [1.29, 1.82) is 0 Å². The average Bonchev–Trinajstić information content (AvgIpc) is 3.26. The third-order valence-electron chi connectivity index (χ3n) is 5.49. The van der Waals surface area contributed by atoms with Gasteiger partial charge in [-0.2, -0.15) is 5.10 Å². The molecule has 0 saturated heterocycles. The van der Waals surface area contributed by atoms with Crippen LogP contribution in [0.15, 0.2) is 79.7 Å². The van der Waals surface area contributed by atoms with E-state index in [-0.39, 0.29) is 5.91 Å². The van der Waals surface area contributed by atoms with Crippen LogP contribution in [-0.4, -0.2) is 43.6 Å². The van der Waals surface area contributed by atoms with Gasteiger partial charge in [-0.3, -0.25) is 4.79 Å². The van der Waals surface area contributed by atoms with Crippen LogP contribution in [0.5, 0.6) is 11.5 Å². The fraction of sp³-hybridized carbons (Fsp3) is 0.120. The number of aromatic nitrogens is 4. The number of amides is 1. The zero-order valence-corrected chi connectivity index (χ0v) is 17.9. The Labute approximate surface area is 190 Å². The molecule has 0 bridgehead atoms. The molecule has 2 N–H and O–H groups in total. The van der Waals surface area contributed by atoms with E-state index >= 15 is 0 Å². The Morgan fingerprint density at radius 3 is 2.58 bits per heavy atom. The molecule has 0 radical (unpaired) electrons. The van der Waals surface area contributed by atoms with Gasteiger partial charge in [-0.25, -0.2) is 14.6 Å². The highest BCUT2D eigenvalue weighted by Crippen LogP contribution is 2.33. The van der Waals surface area contributed by atoms with Crippen molar-refractivity contribution in [3.63, 3.8) is 0 Å². The number of nitrogens with zero attached hydrogens (tertiary/aromatic N) is 5. The predicted octanol–water partition coefficient (Wildman–Crippen LogP) is 4.13. The number of nitrogens with two attached hydrogens (primary N) is 1. The minimum Gasteiger partial charge on any atom is -0.457 e. The Hall–Kier alpha value is -4.46. The Morgan fingerprint density at radius 1 is 1.06 bits per heavy atom. The highest BCUT2D eigenvalue weighted by molar-refractivity contribution is 5.99. The topological polar surface area (TPSA) is 99.2 Å². The van der Waals surface area contributed by atoms with E-state index in [1.807, 2.05) is 54.6 Å². The number of anilines is 1. The van der Waals surface area contributed by atoms with Crippen LogP contribution in [0.2, 0.25) is 0 Å². The molecule has 0 spiro atoms. The van der Waals surface area contributed by atoms with Gasteiger partial charge >= 0.3 is 0 Å². The van der Waals surface area contributed by atoms with Gasteiger partial charge in [0.1, 0.15) is 29.3 Å². The molecule has 0 aliphatic carbocycles. The third-order valence-corrected chi connectivity index (χ3v) is 5.49. The van der Waals surface area contributed by atoms with Crippen LogP contribution in [0.25, 0.3) is 28.0 Å². The normalized spacial score (nSPS) is 13.6. The maximum atomic E-state index is 12.1. The SMILES string of the molecule is C=CC(=O)N1CCC=C(n2nc(-c3ccc(Oc4ccccc4)cc3)c3c(N)ncnc32)C1. The first kappa shape index (κ1) is 20.4. The molecular formula is C25H22N6O2. The van der Waals surface area contributed by atoms with E-state index in [0.717, 1.165) is 23.4 Å². The van der Waals surface area contributed by atoms with Crippen molar-refractivity contribution in [2.24, 2.45) is 0 Å². The van der Waals surface area contributed by atoms with Crippen LogP contribution < -0.4 is 10.5 Å². The number of carbonyl (C=O) groups is 1. The number of ether oxygens (including phenoxy) is 1. The Bertz CT molecular complexity index is 1360. The van der Waals surface area contributed by atoms with Crippen LogP contribution in [0.3, 0.4) is 0 Å². The summed E-state index contributed by atoms with van der Waals surface area (Å²) >= 11 is 0. The van der Waals surface area contributed by atoms with Gasteiger partial charge < -0.3 is 15.4 Å². The summed E-state index contributed by atoms with van der Waals surface area (Å²) in [5, 5.41) is 5.51. The maximum Gasteiger partial charge on any atom is 0.246 e. The molecule has 0 fully saturated rings. The minimum atomic E-state index is -0.111. The van der Waals surface area contributed by atoms with Gasteiger partial charge in [-0.1, -0.05) is 30.9 Å². The lowest BCUT2D eigenvalue weighted by molar-refractivity contribution is -0.125. The lowest BCUT2D eigenvalue weighted by Gasteiger charge is -2.26. The van der Waals surface area contributed by atoms with Crippen molar-refractivity contribution >= 4 is 28.5 Å². The molecule has 1 aliphatic heterocycles. The van der Waals surface area contributed by atoms with Gasteiger partial charge in [-0.05, 0) is 48.9 Å². The van der Waals surface area contributed by atoms with E-state index in [4.69, 9.17) is 15.6 Å². The summed E-state index contributed by atoms with van der Waals surface area (Å²) in [6.07, 6.45) is 5.54. The number of fused-ring (bicyclic) bond motifs is 1. The molecule has 1 aliphatic rings. The van der Waals surface area contributed by atoms with Crippen molar-refractivity contribution in [2.75, 3.05) is 18.8 Å². The van der Waals surface area contributed by atoms with Crippen LogP contribution in [-0.2, 0) is 4.79 Å². The molecule has 1 amide bonds. The van der Waals surface area contributed by atoms with E-state index in [1.54, 1.807) is 9.58 Å². The molecule has 2 aromatic heterocycles. The molecule has 8 nitrogen and oxygen atoms in total. The van der Waals surface area contributed by atoms with E-state index in [1.165, 1.54) is 12.4 Å². The lowest BCUT2D eigenvalue weighted by Crippen LogP contribution is -2.35. The van der Waals surface area contributed by atoms with Crippen LogP contribution in [0.4, 0.5) is 5.82 Å². The van der Waals surface area contributed by atoms with Gasteiger partial charge in [0.05, 0.1) is 17.6 Å². The van der Waals surface area contributed by atoms with Gasteiger partial charge in [-0.15, -0.1) is 0 Å². The summed E-state index contributed by atoms with van der Waals surface area (Å²) in [4.78, 5) is 22.5. The molecule has 33 heavy (non-hydrogen) atoms. The number of carbonyl (C=O) groups excluding carboxylic acids is 1. The van der Waals surface area contributed by atoms with E-state index in [0.29, 0.717) is 41.4 Å². The van der Waals surface area contributed by atoms with Crippen LogP contribution in [0.1, 0.15) is 6.42 Å². The molecule has 5 rings (SSSR count). The van der Waals surface area contributed by atoms with Crippen molar-refractivity contribution < 1.29 is 9.53 Å². The van der Waals surface area contributed by atoms with Crippen molar-refractivity contribution in [3.8, 4) is 22.8 Å². The van der Waals surface area contributed by atoms with Crippen molar-refractivity contribution in [2.45, 2.75) is 6.42 Å². The molecular weight excluding hydrogens is 416 g/mol. The number of hydrogen-bond acceptors (Lipinski definition) is 6.